The highest BCUT2D eigenvalue weighted by molar-refractivity contribution is 7.97. The van der Waals surface area contributed by atoms with E-state index in [0.29, 0.717) is 0 Å². The fourth-order valence-corrected chi connectivity index (χ4v) is 4.08. The molecule has 0 N–H and O–H groups in total. The standard InChI is InChI=1S/C15H31NS/c1-4-7-10-14(11-8-5-2)15-12-9-13-16(15)17-6-3/h14-15H,4-13H2,1-3H3. The van der Waals surface area contributed by atoms with E-state index < -0.39 is 0 Å². The summed E-state index contributed by atoms with van der Waals surface area (Å²) >= 11 is 2.08. The minimum absolute atomic E-state index is 0.887. The van der Waals surface area contributed by atoms with Gasteiger partial charge in [-0.2, -0.15) is 0 Å². The molecule has 1 saturated heterocycles. The number of hydrogen-bond acceptors (Lipinski definition) is 2. The Bertz CT molecular complexity index is 176. The van der Waals surface area contributed by atoms with Gasteiger partial charge in [0.1, 0.15) is 0 Å². The summed E-state index contributed by atoms with van der Waals surface area (Å²) < 4.78 is 2.70. The first-order valence-corrected chi connectivity index (χ1v) is 8.67. The highest BCUT2D eigenvalue weighted by Gasteiger charge is 2.30. The molecule has 0 spiro atoms. The van der Waals surface area contributed by atoms with E-state index in [2.05, 4.69) is 37.0 Å². The molecular formula is C15H31NS. The zero-order valence-electron chi connectivity index (χ0n) is 12.1. The van der Waals surface area contributed by atoms with E-state index in [4.69, 9.17) is 0 Å². The Balaban J connectivity index is 2.47. The second-order valence-corrected chi connectivity index (χ2v) is 6.62. The molecule has 0 saturated carbocycles. The fourth-order valence-electron chi connectivity index (χ4n) is 3.02. The van der Waals surface area contributed by atoms with Crippen molar-refractivity contribution in [3.8, 4) is 0 Å². The van der Waals surface area contributed by atoms with Crippen LogP contribution in [-0.2, 0) is 0 Å². The summed E-state index contributed by atoms with van der Waals surface area (Å²) in [6, 6.07) is 0.887. The second kappa shape index (κ2) is 9.27. The molecule has 0 bridgehead atoms. The smallest absolute Gasteiger partial charge is 0.0231 e. The van der Waals surface area contributed by atoms with Crippen molar-refractivity contribution in [2.24, 2.45) is 5.92 Å². The van der Waals surface area contributed by atoms with Gasteiger partial charge in [-0.05, 0) is 31.6 Å². The Hall–Kier alpha value is 0.310. The van der Waals surface area contributed by atoms with Crippen molar-refractivity contribution in [2.75, 3.05) is 12.3 Å². The third-order valence-corrected chi connectivity index (χ3v) is 4.99. The van der Waals surface area contributed by atoms with Gasteiger partial charge in [0.15, 0.2) is 0 Å². The maximum absolute atomic E-state index is 2.70. The largest absolute Gasteiger partial charge is 0.247 e. The number of unbranched alkanes of at least 4 members (excludes halogenated alkanes) is 2. The van der Waals surface area contributed by atoms with Gasteiger partial charge in [0.25, 0.3) is 0 Å². The molecule has 1 aliphatic rings. The first kappa shape index (κ1) is 15.4. The number of nitrogens with zero attached hydrogens (tertiary/aromatic N) is 1. The second-order valence-electron chi connectivity index (χ2n) is 5.31. The Morgan fingerprint density at radius 3 is 2.29 bits per heavy atom. The molecule has 102 valence electrons. The summed E-state index contributed by atoms with van der Waals surface area (Å²) in [5.74, 6) is 2.21. The molecule has 0 radical (unpaired) electrons. The van der Waals surface area contributed by atoms with Crippen LogP contribution in [0, 0.1) is 5.92 Å². The van der Waals surface area contributed by atoms with E-state index in [1.807, 2.05) is 0 Å². The molecule has 0 aromatic rings. The predicted octanol–water partition coefficient (Wildman–Crippen LogP) is 5.12. The molecule has 0 aromatic carbocycles. The van der Waals surface area contributed by atoms with Crippen LogP contribution in [0.5, 0.6) is 0 Å². The van der Waals surface area contributed by atoms with Gasteiger partial charge in [0, 0.05) is 18.3 Å². The third-order valence-electron chi connectivity index (χ3n) is 3.94. The lowest BCUT2D eigenvalue weighted by Crippen LogP contribution is -2.31. The van der Waals surface area contributed by atoms with Gasteiger partial charge in [-0.1, -0.05) is 58.4 Å². The zero-order chi connectivity index (χ0) is 12.5. The van der Waals surface area contributed by atoms with Crippen LogP contribution in [0.2, 0.25) is 0 Å². The lowest BCUT2D eigenvalue weighted by molar-refractivity contribution is 0.264. The molecule has 1 aliphatic heterocycles. The predicted molar refractivity (Wildman–Crippen MR) is 80.4 cm³/mol. The SMILES string of the molecule is CCCCC(CCCC)C1CCCN1SCC. The van der Waals surface area contributed by atoms with E-state index >= 15 is 0 Å². The van der Waals surface area contributed by atoms with Gasteiger partial charge in [-0.3, -0.25) is 0 Å². The Morgan fingerprint density at radius 2 is 1.76 bits per heavy atom. The topological polar surface area (TPSA) is 3.24 Å². The zero-order valence-corrected chi connectivity index (χ0v) is 12.9. The highest BCUT2D eigenvalue weighted by Crippen LogP contribution is 2.34. The number of rotatable bonds is 9. The summed E-state index contributed by atoms with van der Waals surface area (Å²) in [6.45, 7) is 8.26. The fraction of sp³-hybridized carbons (Fsp3) is 1.00. The van der Waals surface area contributed by atoms with E-state index in [-0.39, 0.29) is 0 Å². The molecule has 1 heterocycles. The maximum Gasteiger partial charge on any atom is 0.0231 e. The van der Waals surface area contributed by atoms with Gasteiger partial charge in [-0.25, -0.2) is 4.31 Å². The van der Waals surface area contributed by atoms with Crippen molar-refractivity contribution in [2.45, 2.75) is 78.2 Å². The van der Waals surface area contributed by atoms with Crippen LogP contribution in [0.15, 0.2) is 0 Å². The average molecular weight is 257 g/mol. The van der Waals surface area contributed by atoms with E-state index in [0.717, 1.165) is 12.0 Å². The first-order chi connectivity index (χ1) is 8.33. The van der Waals surface area contributed by atoms with Crippen LogP contribution in [-0.4, -0.2) is 22.6 Å². The van der Waals surface area contributed by atoms with Crippen molar-refractivity contribution in [1.29, 1.82) is 0 Å². The normalized spacial score (nSPS) is 21.5. The quantitative estimate of drug-likeness (QED) is 0.528. The Labute approximate surface area is 113 Å². The molecule has 0 aromatic heterocycles. The summed E-state index contributed by atoms with van der Waals surface area (Å²) in [6.07, 6.45) is 11.4. The molecule has 17 heavy (non-hydrogen) atoms. The summed E-state index contributed by atoms with van der Waals surface area (Å²) in [5, 5.41) is 0. The molecule has 0 amide bonds. The van der Waals surface area contributed by atoms with E-state index in [9.17, 15) is 0 Å². The first-order valence-electron chi connectivity index (χ1n) is 7.73. The van der Waals surface area contributed by atoms with Crippen molar-refractivity contribution in [1.82, 2.24) is 4.31 Å². The molecule has 1 rings (SSSR count). The molecule has 1 atom stereocenters. The summed E-state index contributed by atoms with van der Waals surface area (Å²) in [7, 11) is 0. The molecular weight excluding hydrogens is 226 g/mol. The van der Waals surface area contributed by atoms with Crippen LogP contribution in [0.1, 0.15) is 72.1 Å². The van der Waals surface area contributed by atoms with Gasteiger partial charge in [-0.15, -0.1) is 0 Å². The maximum atomic E-state index is 2.70. The van der Waals surface area contributed by atoms with Gasteiger partial charge in [0.2, 0.25) is 0 Å². The summed E-state index contributed by atoms with van der Waals surface area (Å²) in [4.78, 5) is 0. The lowest BCUT2D eigenvalue weighted by atomic mass is 9.88. The van der Waals surface area contributed by atoms with E-state index in [1.165, 1.54) is 63.7 Å². The van der Waals surface area contributed by atoms with E-state index in [1.54, 1.807) is 0 Å². The molecule has 1 unspecified atom stereocenters. The van der Waals surface area contributed by atoms with Gasteiger partial charge >= 0.3 is 0 Å². The Morgan fingerprint density at radius 1 is 1.12 bits per heavy atom. The van der Waals surface area contributed by atoms with Crippen molar-refractivity contribution < 1.29 is 0 Å². The average Bonchev–Trinajstić information content (AvgIpc) is 2.78. The van der Waals surface area contributed by atoms with Gasteiger partial charge < -0.3 is 0 Å². The Kier molecular flexibility index (Phi) is 8.38. The monoisotopic (exact) mass is 257 g/mol. The molecule has 1 nitrogen and oxygen atoms in total. The van der Waals surface area contributed by atoms with Crippen molar-refractivity contribution in [3.63, 3.8) is 0 Å². The van der Waals surface area contributed by atoms with Crippen LogP contribution in [0.25, 0.3) is 0 Å². The lowest BCUT2D eigenvalue weighted by Gasteiger charge is -2.31. The molecule has 0 aliphatic carbocycles. The molecule has 2 heteroatoms. The minimum atomic E-state index is 0.887. The van der Waals surface area contributed by atoms with Crippen molar-refractivity contribution >= 4 is 11.9 Å². The van der Waals surface area contributed by atoms with Crippen molar-refractivity contribution in [3.05, 3.63) is 0 Å². The minimum Gasteiger partial charge on any atom is -0.247 e. The number of hydrogen-bond donors (Lipinski definition) is 0. The highest BCUT2D eigenvalue weighted by atomic mass is 32.2. The summed E-state index contributed by atoms with van der Waals surface area (Å²) in [5.41, 5.74) is 0. The molecule has 1 fully saturated rings. The third kappa shape index (κ3) is 5.21. The van der Waals surface area contributed by atoms with Crippen LogP contribution in [0.3, 0.4) is 0 Å². The van der Waals surface area contributed by atoms with Crippen LogP contribution >= 0.6 is 11.9 Å². The van der Waals surface area contributed by atoms with Gasteiger partial charge in [0.05, 0.1) is 0 Å². The van der Waals surface area contributed by atoms with Crippen LogP contribution < -0.4 is 0 Å². The van der Waals surface area contributed by atoms with Crippen LogP contribution in [0.4, 0.5) is 0 Å².